The summed E-state index contributed by atoms with van der Waals surface area (Å²) in [7, 11) is 0. The van der Waals surface area contributed by atoms with E-state index < -0.39 is 0 Å². The first-order valence-corrected chi connectivity index (χ1v) is 10.2. The molecule has 0 spiro atoms. The number of amides is 1. The van der Waals surface area contributed by atoms with Crippen LogP contribution in [0.4, 0.5) is 5.69 Å². The lowest BCUT2D eigenvalue weighted by molar-refractivity contribution is 0.0910. The number of hydrogen-bond acceptors (Lipinski definition) is 2. The number of benzene rings is 2. The van der Waals surface area contributed by atoms with Crippen LogP contribution >= 0.6 is 0 Å². The third-order valence-electron chi connectivity index (χ3n) is 5.53. The van der Waals surface area contributed by atoms with Gasteiger partial charge in [0.25, 0.3) is 5.91 Å². The zero-order chi connectivity index (χ0) is 19.4. The highest BCUT2D eigenvalue weighted by atomic mass is 16.1. The fraction of sp³-hybridized carbons (Fsp3) is 0.458. The van der Waals surface area contributed by atoms with Crippen LogP contribution in [0.1, 0.15) is 55.6 Å². The van der Waals surface area contributed by atoms with Crippen LogP contribution in [0.25, 0.3) is 0 Å². The minimum Gasteiger partial charge on any atom is -0.367 e. The van der Waals surface area contributed by atoms with Crippen molar-refractivity contribution in [2.75, 3.05) is 11.4 Å². The average Bonchev–Trinajstić information content (AvgIpc) is 2.66. The molecule has 0 atom stereocenters. The second-order valence-corrected chi connectivity index (χ2v) is 8.34. The molecule has 0 radical (unpaired) electrons. The molecule has 2 aromatic rings. The highest BCUT2D eigenvalue weighted by Crippen LogP contribution is 2.28. The molecule has 1 N–H and O–H groups in total. The van der Waals surface area contributed by atoms with E-state index in [1.165, 1.54) is 29.7 Å². The zero-order valence-electron chi connectivity index (χ0n) is 17.0. The normalized spacial score (nSPS) is 14.0. The van der Waals surface area contributed by atoms with E-state index in [1.54, 1.807) is 0 Å². The lowest BCUT2D eigenvalue weighted by atomic mass is 9.93. The molecule has 0 unspecified atom stereocenters. The van der Waals surface area contributed by atoms with Crippen LogP contribution < -0.4 is 10.2 Å². The molecule has 1 aliphatic rings. The molecule has 1 amide bonds. The van der Waals surface area contributed by atoms with Gasteiger partial charge in [-0.1, -0.05) is 58.0 Å². The van der Waals surface area contributed by atoms with Gasteiger partial charge in [-0.05, 0) is 54.0 Å². The number of para-hydroxylation sites is 1. The Hall–Kier alpha value is -2.29. The van der Waals surface area contributed by atoms with Crippen LogP contribution in [0.5, 0.6) is 0 Å². The van der Waals surface area contributed by atoms with E-state index in [1.807, 2.05) is 12.1 Å². The SMILES string of the molecule is CC(C)C(NC(=O)c1ccc(CN2CCCc3ccccc32)cc1)C(C)C. The molecule has 0 saturated carbocycles. The molecule has 3 nitrogen and oxygen atoms in total. The number of carbonyl (C=O) groups excluding carboxylic acids is 1. The summed E-state index contributed by atoms with van der Waals surface area (Å²) in [5.74, 6) is 0.872. The Kier molecular flexibility index (Phi) is 6.20. The van der Waals surface area contributed by atoms with Crippen LogP contribution in [-0.4, -0.2) is 18.5 Å². The van der Waals surface area contributed by atoms with Crippen molar-refractivity contribution in [2.24, 2.45) is 11.8 Å². The Balaban J connectivity index is 1.67. The number of carbonyl (C=O) groups is 1. The molecule has 0 bridgehead atoms. The molecule has 1 heterocycles. The van der Waals surface area contributed by atoms with Crippen molar-refractivity contribution in [1.29, 1.82) is 0 Å². The van der Waals surface area contributed by atoms with Crippen molar-refractivity contribution in [3.8, 4) is 0 Å². The summed E-state index contributed by atoms with van der Waals surface area (Å²) < 4.78 is 0. The zero-order valence-corrected chi connectivity index (χ0v) is 17.0. The number of hydrogen-bond donors (Lipinski definition) is 1. The molecule has 27 heavy (non-hydrogen) atoms. The highest BCUT2D eigenvalue weighted by molar-refractivity contribution is 5.94. The van der Waals surface area contributed by atoms with Crippen molar-refractivity contribution >= 4 is 11.6 Å². The Morgan fingerprint density at radius 1 is 1.00 bits per heavy atom. The first kappa shape index (κ1) is 19.5. The maximum absolute atomic E-state index is 12.6. The van der Waals surface area contributed by atoms with Crippen LogP contribution in [0, 0.1) is 11.8 Å². The van der Waals surface area contributed by atoms with E-state index in [-0.39, 0.29) is 11.9 Å². The summed E-state index contributed by atoms with van der Waals surface area (Å²) in [6.45, 7) is 10.6. The van der Waals surface area contributed by atoms with Crippen molar-refractivity contribution in [3.05, 3.63) is 65.2 Å². The number of nitrogens with one attached hydrogen (secondary N) is 1. The molecule has 0 aliphatic carbocycles. The predicted molar refractivity (Wildman–Crippen MR) is 113 cm³/mol. The van der Waals surface area contributed by atoms with Gasteiger partial charge < -0.3 is 10.2 Å². The second-order valence-electron chi connectivity index (χ2n) is 8.34. The summed E-state index contributed by atoms with van der Waals surface area (Å²) in [5, 5.41) is 3.20. The standard InChI is InChI=1S/C24H32N2O/c1-17(2)23(18(3)4)25-24(27)21-13-11-19(12-14-21)16-26-15-7-9-20-8-5-6-10-22(20)26/h5-6,8,10-14,17-18,23H,7,9,15-16H2,1-4H3,(H,25,27). The third-order valence-corrected chi connectivity index (χ3v) is 5.53. The molecule has 2 aromatic carbocycles. The number of nitrogens with zero attached hydrogens (tertiary/aromatic N) is 1. The summed E-state index contributed by atoms with van der Waals surface area (Å²) in [4.78, 5) is 15.1. The van der Waals surface area contributed by atoms with Gasteiger partial charge in [-0.15, -0.1) is 0 Å². The summed E-state index contributed by atoms with van der Waals surface area (Å²) in [6.07, 6.45) is 2.36. The van der Waals surface area contributed by atoms with Crippen molar-refractivity contribution in [3.63, 3.8) is 0 Å². The topological polar surface area (TPSA) is 32.3 Å². The van der Waals surface area contributed by atoms with Crippen LogP contribution in [0.2, 0.25) is 0 Å². The Morgan fingerprint density at radius 3 is 2.33 bits per heavy atom. The van der Waals surface area contributed by atoms with Gasteiger partial charge in [-0.25, -0.2) is 0 Å². The van der Waals surface area contributed by atoms with Crippen LogP contribution in [0.15, 0.2) is 48.5 Å². The lowest BCUT2D eigenvalue weighted by Gasteiger charge is -2.31. The molecule has 0 aromatic heterocycles. The first-order valence-electron chi connectivity index (χ1n) is 10.2. The summed E-state index contributed by atoms with van der Waals surface area (Å²) in [5.41, 5.74) is 4.77. The molecule has 144 valence electrons. The lowest BCUT2D eigenvalue weighted by Crippen LogP contribution is -2.42. The summed E-state index contributed by atoms with van der Waals surface area (Å²) in [6, 6.07) is 17.0. The minimum atomic E-state index is 0.0252. The van der Waals surface area contributed by atoms with Crippen molar-refractivity contribution < 1.29 is 4.79 Å². The smallest absolute Gasteiger partial charge is 0.251 e. The van der Waals surface area contributed by atoms with Crippen molar-refractivity contribution in [1.82, 2.24) is 5.32 Å². The largest absolute Gasteiger partial charge is 0.367 e. The number of fused-ring (bicyclic) bond motifs is 1. The predicted octanol–water partition coefficient (Wildman–Crippen LogP) is 5.05. The monoisotopic (exact) mass is 364 g/mol. The van der Waals surface area contributed by atoms with Gasteiger partial charge in [0.05, 0.1) is 0 Å². The molecule has 0 saturated heterocycles. The second kappa shape index (κ2) is 8.60. The maximum atomic E-state index is 12.6. The van der Waals surface area contributed by atoms with Crippen LogP contribution in [0.3, 0.4) is 0 Å². The fourth-order valence-corrected chi connectivity index (χ4v) is 4.10. The molecule has 3 rings (SSSR count). The van der Waals surface area contributed by atoms with E-state index in [0.29, 0.717) is 11.8 Å². The number of anilines is 1. The average molecular weight is 365 g/mol. The van der Waals surface area contributed by atoms with E-state index in [0.717, 1.165) is 18.7 Å². The number of rotatable bonds is 6. The third kappa shape index (κ3) is 4.71. The van der Waals surface area contributed by atoms with Gasteiger partial charge in [0.2, 0.25) is 0 Å². The van der Waals surface area contributed by atoms with Crippen molar-refractivity contribution in [2.45, 2.75) is 53.1 Å². The molecule has 3 heteroatoms. The minimum absolute atomic E-state index is 0.0252. The van der Waals surface area contributed by atoms with E-state index in [4.69, 9.17) is 0 Å². The molecular formula is C24H32N2O. The quantitative estimate of drug-likeness (QED) is 0.778. The van der Waals surface area contributed by atoms with Gasteiger partial charge in [0, 0.05) is 30.4 Å². The molecular weight excluding hydrogens is 332 g/mol. The summed E-state index contributed by atoms with van der Waals surface area (Å²) >= 11 is 0. The highest BCUT2D eigenvalue weighted by Gasteiger charge is 2.20. The maximum Gasteiger partial charge on any atom is 0.251 e. The van der Waals surface area contributed by atoms with Crippen LogP contribution in [-0.2, 0) is 13.0 Å². The van der Waals surface area contributed by atoms with Gasteiger partial charge in [0.1, 0.15) is 0 Å². The Labute approximate surface area is 163 Å². The Bertz CT molecular complexity index is 756. The Morgan fingerprint density at radius 2 is 1.67 bits per heavy atom. The van der Waals surface area contributed by atoms with E-state index >= 15 is 0 Å². The molecule has 0 fully saturated rings. The van der Waals surface area contributed by atoms with E-state index in [2.05, 4.69) is 74.3 Å². The van der Waals surface area contributed by atoms with Gasteiger partial charge >= 0.3 is 0 Å². The first-order chi connectivity index (χ1) is 13.0. The van der Waals surface area contributed by atoms with E-state index in [9.17, 15) is 4.79 Å². The van der Waals surface area contributed by atoms with Gasteiger partial charge in [-0.2, -0.15) is 0 Å². The van der Waals surface area contributed by atoms with Gasteiger partial charge in [-0.3, -0.25) is 4.79 Å². The fourth-order valence-electron chi connectivity index (χ4n) is 4.10. The van der Waals surface area contributed by atoms with Gasteiger partial charge in [0.15, 0.2) is 0 Å². The number of aryl methyl sites for hydroxylation is 1. The molecule has 1 aliphatic heterocycles.